The molecule has 0 aromatic heterocycles. The van der Waals surface area contributed by atoms with Gasteiger partial charge >= 0.3 is 12.2 Å². The molecule has 35 heavy (non-hydrogen) atoms. The summed E-state index contributed by atoms with van der Waals surface area (Å²) in [7, 11) is 0. The Morgan fingerprint density at radius 1 is 1.09 bits per heavy atom. The summed E-state index contributed by atoms with van der Waals surface area (Å²) in [5, 5.41) is 2.78. The summed E-state index contributed by atoms with van der Waals surface area (Å²) in [6.45, 7) is 7.32. The number of likely N-dealkylation sites (tertiary alicyclic amines) is 1. The van der Waals surface area contributed by atoms with E-state index in [1.807, 2.05) is 18.7 Å². The number of carbonyl (C=O) groups excluding carboxylic acids is 3. The van der Waals surface area contributed by atoms with Gasteiger partial charge in [0.1, 0.15) is 6.04 Å². The van der Waals surface area contributed by atoms with Gasteiger partial charge in [-0.3, -0.25) is 14.5 Å². The summed E-state index contributed by atoms with van der Waals surface area (Å²) < 4.78 is 39.2. The molecule has 1 aromatic carbocycles. The van der Waals surface area contributed by atoms with Gasteiger partial charge in [0, 0.05) is 19.6 Å². The van der Waals surface area contributed by atoms with Crippen molar-refractivity contribution in [2.24, 2.45) is 5.92 Å². The molecule has 1 N–H and O–H groups in total. The first-order valence-electron chi connectivity index (χ1n) is 12.1. The van der Waals surface area contributed by atoms with Crippen molar-refractivity contribution in [2.45, 2.75) is 58.3 Å². The number of piperidine rings is 1. The Balaban J connectivity index is 1.69. The van der Waals surface area contributed by atoms with Gasteiger partial charge in [0.05, 0.1) is 29.4 Å². The van der Waals surface area contributed by atoms with Crippen molar-refractivity contribution in [1.82, 2.24) is 20.0 Å². The van der Waals surface area contributed by atoms with Gasteiger partial charge in [-0.2, -0.15) is 13.2 Å². The van der Waals surface area contributed by atoms with E-state index in [1.54, 1.807) is 6.92 Å². The Morgan fingerprint density at radius 3 is 2.26 bits per heavy atom. The third kappa shape index (κ3) is 4.62. The number of hydrogen-bond donors (Lipinski definition) is 1. The number of hydrogen-bond acceptors (Lipinski definition) is 3. The van der Waals surface area contributed by atoms with Gasteiger partial charge < -0.3 is 15.1 Å². The van der Waals surface area contributed by atoms with E-state index in [-0.39, 0.29) is 24.3 Å². The molecule has 10 heteroatoms. The van der Waals surface area contributed by atoms with Crippen LogP contribution in [-0.4, -0.2) is 64.8 Å². The average molecular weight is 493 g/mol. The van der Waals surface area contributed by atoms with Crippen LogP contribution in [0.15, 0.2) is 35.5 Å². The number of carbonyl (C=O) groups is 3. The number of nitrogens with one attached hydrogen (secondary N) is 1. The molecule has 0 aliphatic carbocycles. The van der Waals surface area contributed by atoms with Gasteiger partial charge in [0.15, 0.2) is 0 Å². The maximum absolute atomic E-state index is 13.8. The fourth-order valence-corrected chi connectivity index (χ4v) is 5.27. The number of nitrogens with zero attached hydrogens (tertiary/aromatic N) is 3. The first kappa shape index (κ1) is 25.1. The van der Waals surface area contributed by atoms with Crippen LogP contribution in [-0.2, 0) is 15.8 Å². The summed E-state index contributed by atoms with van der Waals surface area (Å²) in [6, 6.07) is 2.47. The molecule has 1 aromatic rings. The minimum absolute atomic E-state index is 0.0960. The van der Waals surface area contributed by atoms with Gasteiger partial charge in [0.25, 0.3) is 5.91 Å². The molecule has 3 aliphatic heterocycles. The van der Waals surface area contributed by atoms with Gasteiger partial charge in [-0.05, 0) is 49.8 Å². The van der Waals surface area contributed by atoms with Crippen molar-refractivity contribution in [2.75, 3.05) is 26.2 Å². The molecule has 2 atom stereocenters. The van der Waals surface area contributed by atoms with Crippen molar-refractivity contribution in [1.29, 1.82) is 0 Å². The Labute approximate surface area is 202 Å². The van der Waals surface area contributed by atoms with E-state index < -0.39 is 29.9 Å². The fraction of sp³-hybridized carbons (Fsp3) is 0.560. The third-order valence-electron chi connectivity index (χ3n) is 7.03. The lowest BCUT2D eigenvalue weighted by Gasteiger charge is -2.36. The predicted molar refractivity (Wildman–Crippen MR) is 123 cm³/mol. The largest absolute Gasteiger partial charge is 0.416 e. The molecule has 1 fully saturated rings. The number of halogens is 3. The molecule has 4 amide bonds. The lowest BCUT2D eigenvalue weighted by atomic mass is 9.94. The molecular weight excluding hydrogens is 461 g/mol. The van der Waals surface area contributed by atoms with Crippen LogP contribution in [0.5, 0.6) is 0 Å². The second-order valence-electron chi connectivity index (χ2n) is 9.61. The zero-order valence-electron chi connectivity index (χ0n) is 20.2. The van der Waals surface area contributed by atoms with E-state index in [9.17, 15) is 27.6 Å². The smallest absolute Gasteiger partial charge is 0.341 e. The van der Waals surface area contributed by atoms with Crippen LogP contribution < -0.4 is 5.32 Å². The van der Waals surface area contributed by atoms with Crippen molar-refractivity contribution >= 4 is 17.8 Å². The van der Waals surface area contributed by atoms with Crippen LogP contribution in [0.1, 0.15) is 57.2 Å². The second kappa shape index (κ2) is 9.54. The summed E-state index contributed by atoms with van der Waals surface area (Å²) in [5.41, 5.74) is 0.388. The number of urea groups is 1. The summed E-state index contributed by atoms with van der Waals surface area (Å²) in [4.78, 5) is 45.0. The minimum atomic E-state index is -4.49. The summed E-state index contributed by atoms with van der Waals surface area (Å²) >= 11 is 0. The standard InChI is InChI=1S/C25H31F3N4O3/c1-4-31-18-14-32(21(15(2)3)23(34)30-12-6-5-7-13-30)22(33)19(18)20(29-24(31)35)16-8-10-17(11-9-16)25(26,27)28/h8-11,15,20-21H,4-7,12-14H2,1-3H3,(H,29,35). The number of amides is 4. The van der Waals surface area contributed by atoms with Crippen LogP contribution in [0.25, 0.3) is 0 Å². The molecule has 0 bridgehead atoms. The topological polar surface area (TPSA) is 73.0 Å². The zero-order valence-corrected chi connectivity index (χ0v) is 20.2. The molecule has 7 nitrogen and oxygen atoms in total. The highest BCUT2D eigenvalue weighted by Gasteiger charge is 2.48. The van der Waals surface area contributed by atoms with Gasteiger partial charge in [-0.15, -0.1) is 0 Å². The lowest BCUT2D eigenvalue weighted by Crippen LogP contribution is -2.53. The van der Waals surface area contributed by atoms with Crippen molar-refractivity contribution in [3.63, 3.8) is 0 Å². The minimum Gasteiger partial charge on any atom is -0.341 e. The van der Waals surface area contributed by atoms with E-state index in [0.717, 1.165) is 31.4 Å². The Kier molecular flexibility index (Phi) is 6.83. The monoisotopic (exact) mass is 492 g/mol. The Bertz CT molecular complexity index is 1030. The SMILES string of the molecule is CCN1C(=O)NC(c2ccc(C(F)(F)F)cc2)C2=C1CN(C(C(=O)N1CCCCC1)C(C)C)C2=O. The molecular formula is C25H31F3N4O3. The normalized spacial score (nSPS) is 22.0. The number of alkyl halides is 3. The summed E-state index contributed by atoms with van der Waals surface area (Å²) in [5.74, 6) is -0.619. The highest BCUT2D eigenvalue weighted by Crippen LogP contribution is 2.39. The Hall–Kier alpha value is -3.04. The van der Waals surface area contributed by atoms with E-state index in [2.05, 4.69) is 5.32 Å². The molecule has 3 aliphatic rings. The van der Waals surface area contributed by atoms with Crippen LogP contribution in [0, 0.1) is 5.92 Å². The maximum Gasteiger partial charge on any atom is 0.416 e. The van der Waals surface area contributed by atoms with E-state index >= 15 is 0 Å². The fourth-order valence-electron chi connectivity index (χ4n) is 5.27. The first-order chi connectivity index (χ1) is 16.5. The lowest BCUT2D eigenvalue weighted by molar-refractivity contribution is -0.145. The Morgan fingerprint density at radius 2 is 1.71 bits per heavy atom. The van der Waals surface area contributed by atoms with Crippen LogP contribution in [0.4, 0.5) is 18.0 Å². The number of rotatable bonds is 5. The first-order valence-corrected chi connectivity index (χ1v) is 12.1. The molecule has 1 saturated heterocycles. The van der Waals surface area contributed by atoms with Crippen molar-refractivity contribution < 1.29 is 27.6 Å². The highest BCUT2D eigenvalue weighted by molar-refractivity contribution is 6.03. The molecule has 0 radical (unpaired) electrons. The van der Waals surface area contributed by atoms with Crippen molar-refractivity contribution in [3.05, 3.63) is 46.7 Å². The second-order valence-corrected chi connectivity index (χ2v) is 9.61. The van der Waals surface area contributed by atoms with Crippen molar-refractivity contribution in [3.8, 4) is 0 Å². The average Bonchev–Trinajstić information content (AvgIpc) is 3.15. The molecule has 0 saturated carbocycles. The van der Waals surface area contributed by atoms with Gasteiger partial charge in [0.2, 0.25) is 5.91 Å². The molecule has 3 heterocycles. The maximum atomic E-state index is 13.8. The van der Waals surface area contributed by atoms with E-state index in [1.165, 1.54) is 21.9 Å². The van der Waals surface area contributed by atoms with Gasteiger partial charge in [-0.25, -0.2) is 4.79 Å². The number of likely N-dealkylation sites (N-methyl/N-ethyl adjacent to an activating group) is 1. The van der Waals surface area contributed by atoms with Gasteiger partial charge in [-0.1, -0.05) is 26.0 Å². The summed E-state index contributed by atoms with van der Waals surface area (Å²) in [6.07, 6.45) is -1.56. The van der Waals surface area contributed by atoms with Crippen LogP contribution in [0.2, 0.25) is 0 Å². The third-order valence-corrected chi connectivity index (χ3v) is 7.03. The van der Waals surface area contributed by atoms with E-state index in [0.29, 0.717) is 36.5 Å². The molecule has 2 unspecified atom stereocenters. The quantitative estimate of drug-likeness (QED) is 0.677. The van der Waals surface area contributed by atoms with Crippen LogP contribution >= 0.6 is 0 Å². The number of benzene rings is 1. The molecule has 4 rings (SSSR count). The molecule has 190 valence electrons. The predicted octanol–water partition coefficient (Wildman–Crippen LogP) is 3.93. The molecule has 0 spiro atoms. The highest BCUT2D eigenvalue weighted by atomic mass is 19.4. The van der Waals surface area contributed by atoms with Crippen LogP contribution in [0.3, 0.4) is 0 Å². The zero-order chi connectivity index (χ0) is 25.5. The van der Waals surface area contributed by atoms with E-state index in [4.69, 9.17) is 0 Å².